The Morgan fingerprint density at radius 2 is 2.36 bits per heavy atom. The minimum absolute atomic E-state index is 0.0112. The molecule has 1 aliphatic heterocycles. The van der Waals surface area contributed by atoms with Gasteiger partial charge in [0, 0.05) is 24.9 Å². The van der Waals surface area contributed by atoms with Crippen molar-refractivity contribution in [2.75, 3.05) is 19.6 Å². The second-order valence-corrected chi connectivity index (χ2v) is 6.49. The molecule has 1 amide bonds. The van der Waals surface area contributed by atoms with Gasteiger partial charge in [-0.15, -0.1) is 0 Å². The SMILES string of the molecule is Cc1cc(-c2noc(CCC(=O)NCC3CCCNC3)n2)ccc1F. The van der Waals surface area contributed by atoms with Gasteiger partial charge in [0.15, 0.2) is 0 Å². The molecule has 1 fully saturated rings. The summed E-state index contributed by atoms with van der Waals surface area (Å²) in [5.74, 6) is 1.05. The summed E-state index contributed by atoms with van der Waals surface area (Å²) in [6.07, 6.45) is 3.01. The van der Waals surface area contributed by atoms with Crippen molar-refractivity contribution in [2.45, 2.75) is 32.6 Å². The van der Waals surface area contributed by atoms with Crippen LogP contribution in [0.25, 0.3) is 11.4 Å². The lowest BCUT2D eigenvalue weighted by Gasteiger charge is -2.22. The number of hydrogen-bond donors (Lipinski definition) is 2. The maximum absolute atomic E-state index is 13.3. The molecule has 1 unspecified atom stereocenters. The summed E-state index contributed by atoms with van der Waals surface area (Å²) in [5.41, 5.74) is 1.23. The maximum atomic E-state index is 13.3. The Hall–Kier alpha value is -2.28. The molecule has 1 atom stereocenters. The Bertz CT molecular complexity index is 726. The number of benzene rings is 1. The van der Waals surface area contributed by atoms with Gasteiger partial charge in [-0.1, -0.05) is 5.16 Å². The van der Waals surface area contributed by atoms with Crippen LogP contribution in [0.3, 0.4) is 0 Å². The molecular weight excluding hydrogens is 323 g/mol. The average Bonchev–Trinajstić information content (AvgIpc) is 3.10. The Balaban J connectivity index is 1.47. The molecule has 1 aliphatic rings. The summed E-state index contributed by atoms with van der Waals surface area (Å²) in [7, 11) is 0. The van der Waals surface area contributed by atoms with Crippen molar-refractivity contribution in [2.24, 2.45) is 5.92 Å². The molecule has 0 saturated carbocycles. The number of rotatable bonds is 6. The van der Waals surface area contributed by atoms with Crippen molar-refractivity contribution in [1.82, 2.24) is 20.8 Å². The average molecular weight is 346 g/mol. The number of aryl methyl sites for hydroxylation is 2. The number of halogens is 1. The van der Waals surface area contributed by atoms with Gasteiger partial charge >= 0.3 is 0 Å². The normalized spacial score (nSPS) is 17.4. The van der Waals surface area contributed by atoms with E-state index in [1.807, 2.05) is 0 Å². The van der Waals surface area contributed by atoms with Crippen LogP contribution in [0.2, 0.25) is 0 Å². The zero-order valence-corrected chi connectivity index (χ0v) is 14.3. The lowest BCUT2D eigenvalue weighted by Crippen LogP contribution is -2.38. The highest BCUT2D eigenvalue weighted by Crippen LogP contribution is 2.19. The third kappa shape index (κ3) is 4.85. The molecule has 1 aromatic carbocycles. The summed E-state index contributed by atoms with van der Waals surface area (Å²) in [6.45, 7) is 4.42. The van der Waals surface area contributed by atoms with E-state index < -0.39 is 0 Å². The van der Waals surface area contributed by atoms with Crippen LogP contribution < -0.4 is 10.6 Å². The molecule has 6 nitrogen and oxygen atoms in total. The van der Waals surface area contributed by atoms with E-state index in [0.717, 1.165) is 25.9 Å². The number of carbonyl (C=O) groups excluding carboxylic acids is 1. The minimum atomic E-state index is -0.266. The quantitative estimate of drug-likeness (QED) is 0.838. The molecule has 3 rings (SSSR count). The first kappa shape index (κ1) is 17.5. The fourth-order valence-electron chi connectivity index (χ4n) is 2.92. The third-order valence-corrected chi connectivity index (χ3v) is 4.44. The molecule has 7 heteroatoms. The van der Waals surface area contributed by atoms with Gasteiger partial charge < -0.3 is 15.2 Å². The Labute approximate surface area is 146 Å². The van der Waals surface area contributed by atoms with Crippen molar-refractivity contribution in [3.8, 4) is 11.4 Å². The largest absolute Gasteiger partial charge is 0.356 e. The molecule has 0 spiro atoms. The van der Waals surface area contributed by atoms with E-state index in [2.05, 4.69) is 20.8 Å². The van der Waals surface area contributed by atoms with E-state index in [-0.39, 0.29) is 11.7 Å². The minimum Gasteiger partial charge on any atom is -0.356 e. The van der Waals surface area contributed by atoms with Gasteiger partial charge in [-0.05, 0) is 62.5 Å². The fourth-order valence-corrected chi connectivity index (χ4v) is 2.92. The fraction of sp³-hybridized carbons (Fsp3) is 0.500. The first-order valence-electron chi connectivity index (χ1n) is 8.68. The van der Waals surface area contributed by atoms with Crippen LogP contribution in [0, 0.1) is 18.7 Å². The van der Waals surface area contributed by atoms with Gasteiger partial charge in [0.25, 0.3) is 0 Å². The first-order chi connectivity index (χ1) is 12.1. The Kier molecular flexibility index (Phi) is 5.75. The van der Waals surface area contributed by atoms with Crippen LogP contribution in [0.15, 0.2) is 22.7 Å². The Morgan fingerprint density at radius 1 is 1.48 bits per heavy atom. The molecule has 134 valence electrons. The molecule has 1 saturated heterocycles. The van der Waals surface area contributed by atoms with Crippen molar-refractivity contribution < 1.29 is 13.7 Å². The van der Waals surface area contributed by atoms with Crippen molar-refractivity contribution in [3.05, 3.63) is 35.5 Å². The third-order valence-electron chi connectivity index (χ3n) is 4.44. The van der Waals surface area contributed by atoms with Crippen LogP contribution in [-0.2, 0) is 11.2 Å². The monoisotopic (exact) mass is 346 g/mol. The maximum Gasteiger partial charge on any atom is 0.227 e. The molecule has 2 heterocycles. The number of nitrogens with one attached hydrogen (secondary N) is 2. The van der Waals surface area contributed by atoms with Gasteiger partial charge in [0.2, 0.25) is 17.6 Å². The van der Waals surface area contributed by atoms with Crippen molar-refractivity contribution in [1.29, 1.82) is 0 Å². The van der Waals surface area contributed by atoms with Gasteiger partial charge in [-0.3, -0.25) is 4.79 Å². The number of nitrogens with zero attached hydrogens (tertiary/aromatic N) is 2. The zero-order valence-electron chi connectivity index (χ0n) is 14.3. The van der Waals surface area contributed by atoms with E-state index >= 15 is 0 Å². The van der Waals surface area contributed by atoms with Crippen molar-refractivity contribution in [3.63, 3.8) is 0 Å². The van der Waals surface area contributed by atoms with Crippen LogP contribution in [0.1, 0.15) is 30.7 Å². The summed E-state index contributed by atoms with van der Waals surface area (Å²) in [6, 6.07) is 4.67. The molecule has 0 radical (unpaired) electrons. The highest BCUT2D eigenvalue weighted by atomic mass is 19.1. The van der Waals surface area contributed by atoms with Crippen LogP contribution >= 0.6 is 0 Å². The Morgan fingerprint density at radius 3 is 3.12 bits per heavy atom. The number of carbonyl (C=O) groups is 1. The number of hydrogen-bond acceptors (Lipinski definition) is 5. The standard InChI is InChI=1S/C18H23FN4O2/c1-12-9-14(4-5-15(12)19)18-22-17(25-23-18)7-6-16(24)21-11-13-3-2-8-20-10-13/h4-5,9,13,20H,2-3,6-8,10-11H2,1H3,(H,21,24). The first-order valence-corrected chi connectivity index (χ1v) is 8.68. The second-order valence-electron chi connectivity index (χ2n) is 6.49. The zero-order chi connectivity index (χ0) is 17.6. The number of amides is 1. The van der Waals surface area contributed by atoms with Crippen LogP contribution in [-0.4, -0.2) is 35.7 Å². The van der Waals surface area contributed by atoms with Gasteiger partial charge in [0.05, 0.1) is 0 Å². The second kappa shape index (κ2) is 8.20. The lowest BCUT2D eigenvalue weighted by molar-refractivity contribution is -0.121. The lowest BCUT2D eigenvalue weighted by atomic mass is 10.00. The van der Waals surface area contributed by atoms with E-state index in [1.165, 1.54) is 6.07 Å². The summed E-state index contributed by atoms with van der Waals surface area (Å²) < 4.78 is 18.5. The van der Waals surface area contributed by atoms with E-state index in [4.69, 9.17) is 4.52 Å². The molecule has 1 aromatic heterocycles. The molecule has 25 heavy (non-hydrogen) atoms. The van der Waals surface area contributed by atoms with Crippen LogP contribution in [0.5, 0.6) is 0 Å². The summed E-state index contributed by atoms with van der Waals surface area (Å²) >= 11 is 0. The molecule has 0 bridgehead atoms. The summed E-state index contributed by atoms with van der Waals surface area (Å²) in [4.78, 5) is 16.2. The summed E-state index contributed by atoms with van der Waals surface area (Å²) in [5, 5.41) is 10.2. The predicted octanol–water partition coefficient (Wildman–Crippen LogP) is 2.23. The van der Waals surface area contributed by atoms with E-state index in [0.29, 0.717) is 48.1 Å². The molecule has 2 N–H and O–H groups in total. The van der Waals surface area contributed by atoms with E-state index in [1.54, 1.807) is 19.1 Å². The smallest absolute Gasteiger partial charge is 0.227 e. The van der Waals surface area contributed by atoms with Gasteiger partial charge in [0.1, 0.15) is 5.82 Å². The molecule has 0 aliphatic carbocycles. The highest BCUT2D eigenvalue weighted by Gasteiger charge is 2.15. The molecular formula is C18H23FN4O2. The van der Waals surface area contributed by atoms with Crippen LogP contribution in [0.4, 0.5) is 4.39 Å². The molecule has 2 aromatic rings. The topological polar surface area (TPSA) is 80.0 Å². The predicted molar refractivity (Wildman–Crippen MR) is 91.4 cm³/mol. The van der Waals surface area contributed by atoms with Crippen molar-refractivity contribution >= 4 is 5.91 Å². The number of piperidine rings is 1. The van der Waals surface area contributed by atoms with Gasteiger partial charge in [-0.25, -0.2) is 4.39 Å². The van der Waals surface area contributed by atoms with E-state index in [9.17, 15) is 9.18 Å². The highest BCUT2D eigenvalue weighted by molar-refractivity contribution is 5.76. The number of aromatic nitrogens is 2. The van der Waals surface area contributed by atoms with Gasteiger partial charge in [-0.2, -0.15) is 4.98 Å².